The van der Waals surface area contributed by atoms with Crippen LogP contribution in [0, 0.1) is 5.41 Å². The van der Waals surface area contributed by atoms with Crippen LogP contribution in [0.15, 0.2) is 23.1 Å². The van der Waals surface area contributed by atoms with Crippen molar-refractivity contribution in [1.29, 1.82) is 0 Å². The second-order valence-electron chi connectivity index (χ2n) is 5.80. The van der Waals surface area contributed by atoms with Crippen LogP contribution in [-0.2, 0) is 14.8 Å². The number of nitrogens with one attached hydrogen (secondary N) is 2. The third-order valence-electron chi connectivity index (χ3n) is 4.17. The fraction of sp³-hybridized carbons (Fsp3) is 0.600. The molecule has 0 bridgehead atoms. The van der Waals surface area contributed by atoms with E-state index < -0.39 is 10.0 Å². The van der Waals surface area contributed by atoms with Crippen LogP contribution in [0.4, 0.5) is 0 Å². The van der Waals surface area contributed by atoms with Crippen LogP contribution >= 0.6 is 24.0 Å². The number of ether oxygens (including phenoxy) is 2. The van der Waals surface area contributed by atoms with Gasteiger partial charge >= 0.3 is 0 Å². The molecule has 9 heteroatoms. The van der Waals surface area contributed by atoms with E-state index >= 15 is 0 Å². The zero-order valence-electron chi connectivity index (χ0n) is 13.8. The number of sulfonamides is 1. The molecule has 0 aliphatic carbocycles. The van der Waals surface area contributed by atoms with E-state index in [9.17, 15) is 8.42 Å². The van der Waals surface area contributed by atoms with Crippen LogP contribution in [0.1, 0.15) is 12.8 Å². The van der Waals surface area contributed by atoms with Gasteiger partial charge in [-0.3, -0.25) is 0 Å². The van der Waals surface area contributed by atoms with Gasteiger partial charge in [-0.2, -0.15) is 0 Å². The molecule has 138 valence electrons. The predicted molar refractivity (Wildman–Crippen MR) is 96.9 cm³/mol. The van der Waals surface area contributed by atoms with E-state index in [2.05, 4.69) is 10.0 Å². The lowest BCUT2D eigenvalue weighted by molar-refractivity contribution is 0.0577. The lowest BCUT2D eigenvalue weighted by Gasteiger charge is -2.37. The minimum atomic E-state index is -3.72. The summed E-state index contributed by atoms with van der Waals surface area (Å²) in [7, 11) is -0.648. The molecular formula is C15H24Cl2N2O4S. The third kappa shape index (κ3) is 5.21. The van der Waals surface area contributed by atoms with E-state index in [0.29, 0.717) is 18.2 Å². The second kappa shape index (κ2) is 9.22. The van der Waals surface area contributed by atoms with Gasteiger partial charge in [0.15, 0.2) is 0 Å². The van der Waals surface area contributed by atoms with Gasteiger partial charge in [-0.1, -0.05) is 11.6 Å². The van der Waals surface area contributed by atoms with Crippen molar-refractivity contribution in [2.45, 2.75) is 17.7 Å². The molecule has 24 heavy (non-hydrogen) atoms. The number of hydrogen-bond donors (Lipinski definition) is 2. The number of halogens is 2. The Morgan fingerprint density at radius 2 is 1.96 bits per heavy atom. The van der Waals surface area contributed by atoms with E-state index in [4.69, 9.17) is 21.1 Å². The first-order valence-corrected chi connectivity index (χ1v) is 9.31. The average molecular weight is 399 g/mol. The highest BCUT2D eigenvalue weighted by Crippen LogP contribution is 2.31. The third-order valence-corrected chi connectivity index (χ3v) is 5.82. The molecule has 1 aliphatic heterocycles. The molecule has 0 radical (unpaired) electrons. The minimum Gasteiger partial charge on any atom is -0.495 e. The highest BCUT2D eigenvalue weighted by Gasteiger charge is 2.34. The number of hydrogen-bond acceptors (Lipinski definition) is 5. The van der Waals surface area contributed by atoms with Gasteiger partial charge in [0, 0.05) is 24.1 Å². The lowest BCUT2D eigenvalue weighted by Crippen LogP contribution is -2.47. The van der Waals surface area contributed by atoms with Crippen molar-refractivity contribution >= 4 is 34.0 Å². The Hall–Kier alpha value is -0.570. The Morgan fingerprint density at radius 3 is 2.54 bits per heavy atom. The van der Waals surface area contributed by atoms with E-state index in [1.54, 1.807) is 19.2 Å². The molecule has 0 unspecified atom stereocenters. The summed E-state index contributed by atoms with van der Waals surface area (Å²) in [4.78, 5) is 0.0500. The monoisotopic (exact) mass is 398 g/mol. The smallest absolute Gasteiger partial charge is 0.244 e. The summed E-state index contributed by atoms with van der Waals surface area (Å²) in [6, 6.07) is 4.54. The van der Waals surface area contributed by atoms with Gasteiger partial charge in [-0.05, 0) is 44.1 Å². The minimum absolute atomic E-state index is 0. The maximum Gasteiger partial charge on any atom is 0.244 e. The fourth-order valence-electron chi connectivity index (χ4n) is 2.82. The van der Waals surface area contributed by atoms with Crippen molar-refractivity contribution in [3.8, 4) is 5.75 Å². The van der Waals surface area contributed by atoms with Crippen molar-refractivity contribution in [2.24, 2.45) is 5.41 Å². The maximum absolute atomic E-state index is 12.6. The van der Waals surface area contributed by atoms with E-state index in [0.717, 1.165) is 25.9 Å². The summed E-state index contributed by atoms with van der Waals surface area (Å²) in [6.45, 7) is 2.54. The number of methoxy groups -OCH3 is 2. The molecule has 1 aliphatic rings. The van der Waals surface area contributed by atoms with Gasteiger partial charge in [0.25, 0.3) is 0 Å². The first-order chi connectivity index (χ1) is 10.9. The zero-order valence-corrected chi connectivity index (χ0v) is 16.2. The molecule has 0 spiro atoms. The summed E-state index contributed by atoms with van der Waals surface area (Å²) in [5, 5.41) is 3.63. The lowest BCUT2D eigenvalue weighted by atomic mass is 9.80. The van der Waals surface area contributed by atoms with Gasteiger partial charge in [0.05, 0.1) is 13.7 Å². The van der Waals surface area contributed by atoms with Gasteiger partial charge < -0.3 is 14.8 Å². The molecule has 0 atom stereocenters. The van der Waals surface area contributed by atoms with Crippen LogP contribution in [0.2, 0.25) is 5.02 Å². The molecule has 1 aromatic rings. The highest BCUT2D eigenvalue weighted by atomic mass is 35.5. The van der Waals surface area contributed by atoms with Crippen molar-refractivity contribution in [3.05, 3.63) is 23.2 Å². The Labute approximate surface area is 154 Å². The Kier molecular flexibility index (Phi) is 8.25. The zero-order chi connectivity index (χ0) is 16.9. The van der Waals surface area contributed by atoms with Gasteiger partial charge in [-0.25, -0.2) is 13.1 Å². The SMILES string of the molecule is COCC1(CNS(=O)(=O)c2cc(Cl)ccc2OC)CCNCC1.Cl. The topological polar surface area (TPSA) is 76.7 Å². The van der Waals surface area contributed by atoms with Crippen LogP contribution in [-0.4, -0.2) is 48.9 Å². The number of piperidine rings is 1. The summed E-state index contributed by atoms with van der Waals surface area (Å²) >= 11 is 5.93. The quantitative estimate of drug-likeness (QED) is 0.734. The molecule has 0 saturated carbocycles. The van der Waals surface area contributed by atoms with Crippen LogP contribution in [0.5, 0.6) is 5.75 Å². The van der Waals surface area contributed by atoms with Gasteiger partial charge in [-0.15, -0.1) is 12.4 Å². The average Bonchev–Trinajstić information content (AvgIpc) is 2.54. The van der Waals surface area contributed by atoms with Crippen LogP contribution in [0.25, 0.3) is 0 Å². The van der Waals surface area contributed by atoms with Crippen molar-refractivity contribution < 1.29 is 17.9 Å². The maximum atomic E-state index is 12.6. The summed E-state index contributed by atoms with van der Waals surface area (Å²) in [5.74, 6) is 0.271. The van der Waals surface area contributed by atoms with Crippen molar-refractivity contribution in [3.63, 3.8) is 0 Å². The first kappa shape index (κ1) is 21.5. The Morgan fingerprint density at radius 1 is 1.29 bits per heavy atom. The predicted octanol–water partition coefficient (Wildman–Crippen LogP) is 2.06. The number of rotatable bonds is 7. The largest absolute Gasteiger partial charge is 0.495 e. The highest BCUT2D eigenvalue weighted by molar-refractivity contribution is 7.89. The van der Waals surface area contributed by atoms with Crippen molar-refractivity contribution in [1.82, 2.24) is 10.0 Å². The molecule has 0 amide bonds. The van der Waals surface area contributed by atoms with E-state index in [1.807, 2.05) is 0 Å². The molecule has 1 aromatic carbocycles. The first-order valence-electron chi connectivity index (χ1n) is 7.45. The Balaban J connectivity index is 0.00000288. The molecule has 6 nitrogen and oxygen atoms in total. The standard InChI is InChI=1S/C15H23ClN2O4S.ClH/c1-21-11-15(5-7-17-8-6-15)10-18-23(19,20)14-9-12(16)3-4-13(14)22-2;/h3-4,9,17-18H,5-8,10-11H2,1-2H3;1H. The summed E-state index contributed by atoms with van der Waals surface area (Å²) in [6.07, 6.45) is 1.71. The molecule has 1 heterocycles. The van der Waals surface area contributed by atoms with Gasteiger partial charge in [0.1, 0.15) is 10.6 Å². The van der Waals surface area contributed by atoms with E-state index in [1.165, 1.54) is 13.2 Å². The molecule has 0 aromatic heterocycles. The van der Waals surface area contributed by atoms with Gasteiger partial charge in [0.2, 0.25) is 10.0 Å². The molecule has 2 N–H and O–H groups in total. The normalized spacial score (nSPS) is 17.1. The molecular weight excluding hydrogens is 375 g/mol. The fourth-order valence-corrected chi connectivity index (χ4v) is 4.41. The van der Waals surface area contributed by atoms with Crippen LogP contribution < -0.4 is 14.8 Å². The van der Waals surface area contributed by atoms with Crippen LogP contribution in [0.3, 0.4) is 0 Å². The summed E-state index contributed by atoms with van der Waals surface area (Å²) in [5.41, 5.74) is -0.196. The molecule has 1 saturated heterocycles. The summed E-state index contributed by atoms with van der Waals surface area (Å²) < 4.78 is 38.4. The second-order valence-corrected chi connectivity index (χ2v) is 7.97. The molecule has 2 rings (SSSR count). The number of benzene rings is 1. The Bertz CT molecular complexity index is 629. The molecule has 1 fully saturated rings. The van der Waals surface area contributed by atoms with E-state index in [-0.39, 0.29) is 28.5 Å². The van der Waals surface area contributed by atoms with Crippen molar-refractivity contribution in [2.75, 3.05) is 40.5 Å².